The van der Waals surface area contributed by atoms with E-state index in [0.717, 1.165) is 0 Å². The number of rotatable bonds is 2. The molecule has 0 aromatic rings. The predicted octanol–water partition coefficient (Wildman–Crippen LogP) is 1.88. The zero-order chi connectivity index (χ0) is 12.6. The maximum absolute atomic E-state index is 11.6. The zero-order valence-corrected chi connectivity index (χ0v) is 11.0. The van der Waals surface area contributed by atoms with Gasteiger partial charge in [0.05, 0.1) is 0 Å². The molecular weight excluding hydrogens is 216 g/mol. The van der Waals surface area contributed by atoms with E-state index < -0.39 is 5.60 Å². The summed E-state index contributed by atoms with van der Waals surface area (Å²) in [4.78, 5) is 11.6. The normalized spacial score (nSPS) is 36.0. The second-order valence-electron chi connectivity index (χ2n) is 6.46. The van der Waals surface area contributed by atoms with Crippen LogP contribution in [0.15, 0.2) is 0 Å². The van der Waals surface area contributed by atoms with Crippen molar-refractivity contribution in [1.29, 1.82) is 0 Å². The maximum Gasteiger partial charge on any atom is 0.407 e. The first-order valence-electron chi connectivity index (χ1n) is 6.59. The van der Waals surface area contributed by atoms with E-state index in [0.29, 0.717) is 24.3 Å². The van der Waals surface area contributed by atoms with Gasteiger partial charge < -0.3 is 15.8 Å². The number of alkyl carbamates (subject to hydrolysis) is 1. The van der Waals surface area contributed by atoms with Gasteiger partial charge >= 0.3 is 6.09 Å². The van der Waals surface area contributed by atoms with E-state index in [-0.39, 0.29) is 12.1 Å². The van der Waals surface area contributed by atoms with Crippen LogP contribution in [0, 0.1) is 17.8 Å². The van der Waals surface area contributed by atoms with Crippen LogP contribution in [0.5, 0.6) is 0 Å². The van der Waals surface area contributed by atoms with Gasteiger partial charge in [-0.1, -0.05) is 0 Å². The van der Waals surface area contributed by atoms with Crippen LogP contribution in [0.4, 0.5) is 4.79 Å². The van der Waals surface area contributed by atoms with Gasteiger partial charge in [0.1, 0.15) is 5.60 Å². The molecule has 0 unspecified atom stereocenters. The minimum Gasteiger partial charge on any atom is -0.444 e. The van der Waals surface area contributed by atoms with Gasteiger partial charge in [-0.2, -0.15) is 0 Å². The number of nitrogens with two attached hydrogens (primary N) is 1. The Morgan fingerprint density at radius 2 is 2.00 bits per heavy atom. The molecule has 0 heterocycles. The fourth-order valence-electron chi connectivity index (χ4n) is 3.27. The first kappa shape index (κ1) is 12.7. The Morgan fingerprint density at radius 3 is 2.53 bits per heavy atom. The molecule has 0 saturated heterocycles. The topological polar surface area (TPSA) is 64.3 Å². The Hall–Kier alpha value is -0.770. The summed E-state index contributed by atoms with van der Waals surface area (Å²) in [6, 6.07) is 0.267. The molecule has 2 aliphatic rings. The molecule has 0 radical (unpaired) electrons. The molecule has 3 N–H and O–H groups in total. The van der Waals surface area contributed by atoms with E-state index in [1.165, 1.54) is 19.3 Å². The molecular formula is C13H24N2O2. The minimum atomic E-state index is -0.430. The standard InChI is InChI=1S/C13H24N2O2/c1-13(2,3)17-12(16)15-7-10-8-4-5-9(6-8)11(10)14/h8-11H,4-7,14H2,1-3H3,(H,15,16)/t8-,9+,10-,11-/m0/s1. The Bertz CT molecular complexity index is 296. The molecule has 0 aliphatic heterocycles. The largest absolute Gasteiger partial charge is 0.444 e. The molecule has 2 fully saturated rings. The number of carbonyl (C=O) groups is 1. The maximum atomic E-state index is 11.6. The van der Waals surface area contributed by atoms with E-state index in [1.54, 1.807) is 0 Å². The van der Waals surface area contributed by atoms with Crippen molar-refractivity contribution in [2.45, 2.75) is 51.7 Å². The van der Waals surface area contributed by atoms with Crippen molar-refractivity contribution in [1.82, 2.24) is 5.32 Å². The van der Waals surface area contributed by atoms with Crippen molar-refractivity contribution in [2.24, 2.45) is 23.5 Å². The van der Waals surface area contributed by atoms with Crippen molar-refractivity contribution in [2.75, 3.05) is 6.54 Å². The minimum absolute atomic E-state index is 0.267. The SMILES string of the molecule is CC(C)(C)OC(=O)NC[C@H]1[C@H]2CC[C@H](C2)[C@@H]1N. The van der Waals surface area contributed by atoms with Crippen LogP contribution in [0.25, 0.3) is 0 Å². The monoisotopic (exact) mass is 240 g/mol. The number of amides is 1. The Morgan fingerprint density at radius 1 is 1.35 bits per heavy atom. The smallest absolute Gasteiger partial charge is 0.407 e. The van der Waals surface area contributed by atoms with Crippen LogP contribution in [-0.4, -0.2) is 24.3 Å². The van der Waals surface area contributed by atoms with Crippen molar-refractivity contribution in [3.8, 4) is 0 Å². The lowest BCUT2D eigenvalue weighted by Gasteiger charge is -2.28. The van der Waals surface area contributed by atoms with Crippen LogP contribution < -0.4 is 11.1 Å². The molecule has 2 saturated carbocycles. The molecule has 0 aromatic carbocycles. The van der Waals surface area contributed by atoms with Crippen LogP contribution in [0.1, 0.15) is 40.0 Å². The van der Waals surface area contributed by atoms with Gasteiger partial charge in [0.2, 0.25) is 0 Å². The number of fused-ring (bicyclic) bond motifs is 2. The van der Waals surface area contributed by atoms with Crippen LogP contribution in [0.2, 0.25) is 0 Å². The summed E-state index contributed by atoms with van der Waals surface area (Å²) in [5, 5.41) is 2.86. The average molecular weight is 240 g/mol. The van der Waals surface area contributed by atoms with Crippen LogP contribution >= 0.6 is 0 Å². The van der Waals surface area contributed by atoms with Gasteiger partial charge in [-0.15, -0.1) is 0 Å². The fraction of sp³-hybridized carbons (Fsp3) is 0.923. The summed E-state index contributed by atoms with van der Waals surface area (Å²) in [5.41, 5.74) is 5.76. The number of carbonyl (C=O) groups excluding carboxylic acids is 1. The quantitative estimate of drug-likeness (QED) is 0.774. The molecule has 2 rings (SSSR count). The first-order chi connectivity index (χ1) is 7.87. The van der Waals surface area contributed by atoms with E-state index in [2.05, 4.69) is 5.32 Å². The zero-order valence-electron chi connectivity index (χ0n) is 11.0. The summed E-state index contributed by atoms with van der Waals surface area (Å²) < 4.78 is 5.22. The van der Waals surface area contributed by atoms with E-state index in [4.69, 9.17) is 10.5 Å². The van der Waals surface area contributed by atoms with E-state index >= 15 is 0 Å². The lowest BCUT2D eigenvalue weighted by Crippen LogP contribution is -2.43. The number of hydrogen-bond acceptors (Lipinski definition) is 3. The van der Waals surface area contributed by atoms with Crippen molar-refractivity contribution in [3.05, 3.63) is 0 Å². The van der Waals surface area contributed by atoms with Gasteiger partial charge in [-0.05, 0) is 57.8 Å². The lowest BCUT2D eigenvalue weighted by molar-refractivity contribution is 0.0511. The van der Waals surface area contributed by atoms with E-state index in [9.17, 15) is 4.79 Å². The first-order valence-corrected chi connectivity index (χ1v) is 6.59. The Balaban J connectivity index is 1.77. The van der Waals surface area contributed by atoms with Gasteiger partial charge in [0.25, 0.3) is 0 Å². The van der Waals surface area contributed by atoms with Crippen molar-refractivity contribution < 1.29 is 9.53 Å². The van der Waals surface area contributed by atoms with Gasteiger partial charge in [0, 0.05) is 12.6 Å². The summed E-state index contributed by atoms with van der Waals surface area (Å²) in [6.07, 6.45) is 3.47. The third-order valence-corrected chi connectivity index (χ3v) is 4.04. The third-order valence-electron chi connectivity index (χ3n) is 4.04. The Kier molecular flexibility index (Phi) is 3.34. The predicted molar refractivity (Wildman–Crippen MR) is 66.5 cm³/mol. The van der Waals surface area contributed by atoms with Gasteiger partial charge in [0.15, 0.2) is 0 Å². The van der Waals surface area contributed by atoms with Crippen molar-refractivity contribution in [3.63, 3.8) is 0 Å². The number of ether oxygens (including phenoxy) is 1. The van der Waals surface area contributed by atoms with Crippen molar-refractivity contribution >= 4 is 6.09 Å². The molecule has 4 atom stereocenters. The third kappa shape index (κ3) is 2.92. The fourth-order valence-corrected chi connectivity index (χ4v) is 3.27. The molecule has 2 bridgehead atoms. The highest BCUT2D eigenvalue weighted by molar-refractivity contribution is 5.67. The summed E-state index contributed by atoms with van der Waals surface area (Å²) >= 11 is 0. The number of nitrogens with one attached hydrogen (secondary N) is 1. The molecule has 1 amide bonds. The molecule has 17 heavy (non-hydrogen) atoms. The Labute approximate surface area is 103 Å². The molecule has 98 valence electrons. The van der Waals surface area contributed by atoms with Gasteiger partial charge in [-0.25, -0.2) is 4.79 Å². The molecule has 4 heteroatoms. The second-order valence-corrected chi connectivity index (χ2v) is 6.46. The van der Waals surface area contributed by atoms with Gasteiger partial charge in [-0.3, -0.25) is 0 Å². The highest BCUT2D eigenvalue weighted by Gasteiger charge is 2.45. The average Bonchev–Trinajstić information content (AvgIpc) is 2.73. The summed E-state index contributed by atoms with van der Waals surface area (Å²) in [7, 11) is 0. The molecule has 2 aliphatic carbocycles. The molecule has 4 nitrogen and oxygen atoms in total. The highest BCUT2D eigenvalue weighted by atomic mass is 16.6. The lowest BCUT2D eigenvalue weighted by atomic mass is 9.85. The highest BCUT2D eigenvalue weighted by Crippen LogP contribution is 2.47. The summed E-state index contributed by atoms with van der Waals surface area (Å²) in [5.74, 6) is 1.84. The number of hydrogen-bond donors (Lipinski definition) is 2. The molecule has 0 spiro atoms. The van der Waals surface area contributed by atoms with Crippen LogP contribution in [0.3, 0.4) is 0 Å². The summed E-state index contributed by atoms with van der Waals surface area (Å²) in [6.45, 7) is 6.28. The second kappa shape index (κ2) is 4.48. The van der Waals surface area contributed by atoms with E-state index in [1.807, 2.05) is 20.8 Å². The molecule has 0 aromatic heterocycles. The van der Waals surface area contributed by atoms with Crippen LogP contribution in [-0.2, 0) is 4.74 Å².